The summed E-state index contributed by atoms with van der Waals surface area (Å²) in [5.74, 6) is -0.913. The largest absolute Gasteiger partial charge is 0.462 e. The number of unbranched alkanes of at least 4 members (excludes halogenated alkanes) is 28. The Morgan fingerprint density at radius 1 is 0.351 bits per heavy atom. The topological polar surface area (TPSA) is 78.9 Å². The van der Waals surface area contributed by atoms with Crippen LogP contribution in [0.15, 0.2) is 36.5 Å². The van der Waals surface area contributed by atoms with E-state index >= 15 is 0 Å². The van der Waals surface area contributed by atoms with Gasteiger partial charge in [0.25, 0.3) is 0 Å². The second kappa shape index (κ2) is 46.3. The SMILES string of the molecule is CCCC/C=C\C=C/CCCCCC(=O)OCC(COC(=O)CCCCCCC/C=C\CCCCCCCCC)OC(=O)CCCCCCCCCCCCCC. The van der Waals surface area contributed by atoms with E-state index in [0.29, 0.717) is 19.3 Å². The van der Waals surface area contributed by atoms with Crippen molar-refractivity contribution >= 4 is 17.9 Å². The van der Waals surface area contributed by atoms with Crippen LogP contribution in [0.5, 0.6) is 0 Å². The van der Waals surface area contributed by atoms with Crippen LogP contribution >= 0.6 is 0 Å². The summed E-state index contributed by atoms with van der Waals surface area (Å²) in [6, 6.07) is 0. The highest BCUT2D eigenvalue weighted by Crippen LogP contribution is 2.15. The van der Waals surface area contributed by atoms with Crippen molar-refractivity contribution in [2.45, 2.75) is 258 Å². The van der Waals surface area contributed by atoms with Crippen molar-refractivity contribution in [3.05, 3.63) is 36.5 Å². The molecule has 0 aliphatic heterocycles. The van der Waals surface area contributed by atoms with Crippen LogP contribution in [0.3, 0.4) is 0 Å². The fourth-order valence-corrected chi connectivity index (χ4v) is 6.88. The van der Waals surface area contributed by atoms with E-state index in [9.17, 15) is 14.4 Å². The van der Waals surface area contributed by atoms with Crippen LogP contribution in [-0.4, -0.2) is 37.2 Å². The normalized spacial score (nSPS) is 12.3. The summed E-state index contributed by atoms with van der Waals surface area (Å²) >= 11 is 0. The Labute approximate surface area is 353 Å². The molecule has 0 radical (unpaired) electrons. The number of carbonyl (C=O) groups is 3. The van der Waals surface area contributed by atoms with Crippen molar-refractivity contribution in [1.82, 2.24) is 0 Å². The van der Waals surface area contributed by atoms with Crippen molar-refractivity contribution in [2.75, 3.05) is 13.2 Å². The summed E-state index contributed by atoms with van der Waals surface area (Å²) in [7, 11) is 0. The second-order valence-electron chi connectivity index (χ2n) is 16.4. The van der Waals surface area contributed by atoms with Crippen LogP contribution in [0.2, 0.25) is 0 Å². The standard InChI is InChI=1S/C51H92O6/c1-4-7-10-13-16-19-22-24-25-26-27-30-32-35-38-41-44-50(53)56-47-48(46-55-49(52)43-40-37-34-31-28-21-18-15-12-9-6-3)57-51(54)45-42-39-36-33-29-23-20-17-14-11-8-5-2/h15,18,21,25-26,28,48H,4-14,16-17,19-20,22-24,27,29-47H2,1-3H3/b18-15-,26-25-,28-21-. The fourth-order valence-electron chi connectivity index (χ4n) is 6.88. The number of allylic oxidation sites excluding steroid dienone is 6. The quantitative estimate of drug-likeness (QED) is 0.0201. The highest BCUT2D eigenvalue weighted by atomic mass is 16.6. The van der Waals surface area contributed by atoms with Gasteiger partial charge >= 0.3 is 17.9 Å². The van der Waals surface area contributed by atoms with Gasteiger partial charge in [-0.3, -0.25) is 14.4 Å². The van der Waals surface area contributed by atoms with Crippen molar-refractivity contribution in [3.8, 4) is 0 Å². The number of hydrogen-bond acceptors (Lipinski definition) is 6. The smallest absolute Gasteiger partial charge is 0.306 e. The maximum absolute atomic E-state index is 12.7. The monoisotopic (exact) mass is 801 g/mol. The van der Waals surface area contributed by atoms with Gasteiger partial charge in [0.05, 0.1) is 0 Å². The average Bonchev–Trinajstić information content (AvgIpc) is 3.21. The van der Waals surface area contributed by atoms with Crippen LogP contribution in [0.1, 0.15) is 252 Å². The van der Waals surface area contributed by atoms with E-state index in [-0.39, 0.29) is 31.1 Å². The van der Waals surface area contributed by atoms with E-state index in [2.05, 4.69) is 57.2 Å². The van der Waals surface area contributed by atoms with Crippen molar-refractivity contribution in [3.63, 3.8) is 0 Å². The maximum Gasteiger partial charge on any atom is 0.306 e. The van der Waals surface area contributed by atoms with Crippen LogP contribution in [0.25, 0.3) is 0 Å². The maximum atomic E-state index is 12.7. The number of hydrogen-bond donors (Lipinski definition) is 0. The van der Waals surface area contributed by atoms with E-state index in [1.54, 1.807) is 0 Å². The Morgan fingerprint density at radius 3 is 1.05 bits per heavy atom. The fraction of sp³-hybridized carbons (Fsp3) is 0.824. The minimum atomic E-state index is -0.780. The zero-order valence-electron chi connectivity index (χ0n) is 37.9. The highest BCUT2D eigenvalue weighted by Gasteiger charge is 2.19. The van der Waals surface area contributed by atoms with Crippen molar-refractivity contribution in [1.29, 1.82) is 0 Å². The molecule has 1 atom stereocenters. The molecule has 57 heavy (non-hydrogen) atoms. The van der Waals surface area contributed by atoms with Gasteiger partial charge in [0, 0.05) is 19.3 Å². The Hall–Kier alpha value is -2.37. The van der Waals surface area contributed by atoms with Crippen LogP contribution < -0.4 is 0 Å². The molecule has 0 N–H and O–H groups in total. The molecule has 0 heterocycles. The molecule has 6 heteroatoms. The molecule has 0 rings (SSSR count). The molecule has 0 fully saturated rings. The summed E-state index contributed by atoms with van der Waals surface area (Å²) in [4.78, 5) is 37.8. The Kier molecular flexibility index (Phi) is 44.4. The van der Waals surface area contributed by atoms with Crippen molar-refractivity contribution < 1.29 is 28.6 Å². The van der Waals surface area contributed by atoms with Crippen molar-refractivity contribution in [2.24, 2.45) is 0 Å². The Bertz CT molecular complexity index is 969. The molecule has 0 aromatic rings. The molecule has 0 spiro atoms. The number of esters is 3. The first-order valence-corrected chi connectivity index (χ1v) is 24.5. The molecule has 0 aliphatic rings. The van der Waals surface area contributed by atoms with E-state index in [1.165, 1.54) is 135 Å². The molecule has 0 aromatic heterocycles. The molecule has 0 aliphatic carbocycles. The Balaban J connectivity index is 4.37. The summed E-state index contributed by atoms with van der Waals surface area (Å²) in [5.41, 5.74) is 0. The molecule has 6 nitrogen and oxygen atoms in total. The van der Waals surface area contributed by atoms with Gasteiger partial charge in [-0.05, 0) is 64.2 Å². The minimum absolute atomic E-state index is 0.0826. The third-order valence-electron chi connectivity index (χ3n) is 10.6. The molecule has 332 valence electrons. The lowest BCUT2D eigenvalue weighted by Crippen LogP contribution is -2.30. The summed E-state index contributed by atoms with van der Waals surface area (Å²) in [6.07, 6.45) is 52.7. The summed E-state index contributed by atoms with van der Waals surface area (Å²) < 4.78 is 16.7. The first-order chi connectivity index (χ1) is 28.0. The summed E-state index contributed by atoms with van der Waals surface area (Å²) in [6.45, 7) is 6.55. The molecule has 0 saturated heterocycles. The number of rotatable bonds is 44. The van der Waals surface area contributed by atoms with Gasteiger partial charge in [-0.2, -0.15) is 0 Å². The summed E-state index contributed by atoms with van der Waals surface area (Å²) in [5, 5.41) is 0. The van der Waals surface area contributed by atoms with Gasteiger partial charge in [0.15, 0.2) is 6.10 Å². The van der Waals surface area contributed by atoms with Gasteiger partial charge in [-0.1, -0.05) is 205 Å². The second-order valence-corrected chi connectivity index (χ2v) is 16.4. The van der Waals surface area contributed by atoms with Gasteiger partial charge < -0.3 is 14.2 Å². The van der Waals surface area contributed by atoms with Gasteiger partial charge in [-0.15, -0.1) is 0 Å². The lowest BCUT2D eigenvalue weighted by atomic mass is 10.0. The van der Waals surface area contributed by atoms with E-state index < -0.39 is 6.10 Å². The molecule has 0 aromatic carbocycles. The molecular weight excluding hydrogens is 709 g/mol. The van der Waals surface area contributed by atoms with E-state index in [1.807, 2.05) is 0 Å². The predicted octanol–water partition coefficient (Wildman–Crippen LogP) is 15.8. The molecule has 0 saturated carbocycles. The first kappa shape index (κ1) is 54.6. The highest BCUT2D eigenvalue weighted by molar-refractivity contribution is 5.71. The number of ether oxygens (including phenoxy) is 3. The zero-order valence-corrected chi connectivity index (χ0v) is 37.9. The van der Waals surface area contributed by atoms with Crippen LogP contribution in [0, 0.1) is 0 Å². The van der Waals surface area contributed by atoms with E-state index in [0.717, 1.165) is 77.0 Å². The lowest BCUT2D eigenvalue weighted by molar-refractivity contribution is -0.167. The van der Waals surface area contributed by atoms with Gasteiger partial charge in [0.1, 0.15) is 13.2 Å². The zero-order chi connectivity index (χ0) is 41.5. The third-order valence-corrected chi connectivity index (χ3v) is 10.6. The third kappa shape index (κ3) is 44.6. The van der Waals surface area contributed by atoms with Gasteiger partial charge in [0.2, 0.25) is 0 Å². The van der Waals surface area contributed by atoms with Crippen LogP contribution in [0.4, 0.5) is 0 Å². The molecule has 0 amide bonds. The minimum Gasteiger partial charge on any atom is -0.462 e. The molecule has 1 unspecified atom stereocenters. The van der Waals surface area contributed by atoms with Gasteiger partial charge in [-0.25, -0.2) is 0 Å². The van der Waals surface area contributed by atoms with Crippen LogP contribution in [-0.2, 0) is 28.6 Å². The first-order valence-electron chi connectivity index (χ1n) is 24.5. The molecular formula is C51H92O6. The predicted molar refractivity (Wildman–Crippen MR) is 242 cm³/mol. The lowest BCUT2D eigenvalue weighted by Gasteiger charge is -2.18. The van der Waals surface area contributed by atoms with E-state index in [4.69, 9.17) is 14.2 Å². The number of carbonyl (C=O) groups excluding carboxylic acids is 3. The molecule has 0 bridgehead atoms. The Morgan fingerprint density at radius 2 is 0.649 bits per heavy atom. The average molecular weight is 801 g/mol.